The average molecular weight is 295 g/mol. The fourth-order valence-electron chi connectivity index (χ4n) is 1.81. The normalized spacial score (nSPS) is 11.9. The Labute approximate surface area is 123 Å². The van der Waals surface area contributed by atoms with Gasteiger partial charge in [0.15, 0.2) is 5.75 Å². The van der Waals surface area contributed by atoms with Gasteiger partial charge in [0.05, 0.1) is 11.5 Å². The maximum Gasteiger partial charge on any atom is 0.333 e. The van der Waals surface area contributed by atoms with Crippen LogP contribution in [0.1, 0.15) is 27.7 Å². The van der Waals surface area contributed by atoms with Crippen molar-refractivity contribution < 1.29 is 14.5 Å². The molecular formula is C14H21N3O4. The van der Waals surface area contributed by atoms with Crippen LogP contribution in [0.5, 0.6) is 5.75 Å². The van der Waals surface area contributed by atoms with Gasteiger partial charge in [0.2, 0.25) is 5.91 Å². The molecule has 1 rings (SSSR count). The van der Waals surface area contributed by atoms with Crippen molar-refractivity contribution in [1.29, 1.82) is 0 Å². The molecule has 7 nitrogen and oxygen atoms in total. The lowest BCUT2D eigenvalue weighted by Crippen LogP contribution is -2.41. The molecule has 1 amide bonds. The lowest BCUT2D eigenvalue weighted by Gasteiger charge is -2.17. The van der Waals surface area contributed by atoms with Gasteiger partial charge in [0.1, 0.15) is 11.7 Å². The summed E-state index contributed by atoms with van der Waals surface area (Å²) in [6, 6.07) is 4.15. The van der Waals surface area contributed by atoms with Crippen LogP contribution >= 0.6 is 0 Å². The number of nitrogens with one attached hydrogen (secondary N) is 2. The third-order valence-corrected chi connectivity index (χ3v) is 2.68. The number of nitro benzene ring substituents is 1. The van der Waals surface area contributed by atoms with Crippen molar-refractivity contribution >= 4 is 17.3 Å². The number of ether oxygens (including phenoxy) is 1. The molecule has 1 unspecified atom stereocenters. The van der Waals surface area contributed by atoms with Gasteiger partial charge >= 0.3 is 5.69 Å². The highest BCUT2D eigenvalue weighted by molar-refractivity contribution is 5.85. The zero-order valence-corrected chi connectivity index (χ0v) is 12.7. The lowest BCUT2D eigenvalue weighted by atomic mass is 10.2. The first-order chi connectivity index (χ1) is 9.86. The van der Waals surface area contributed by atoms with Crippen LogP contribution in [0, 0.1) is 10.1 Å². The average Bonchev–Trinajstić information content (AvgIpc) is 2.38. The standard InChI is InChI=1S/C14H21N3O4/c1-5-21-12-8-6-7-11(13(12)17(19)20)16-10(4)14(18)15-9(2)3/h6-10,16H,5H2,1-4H3,(H,15,18). The van der Waals surface area contributed by atoms with E-state index in [1.807, 2.05) is 13.8 Å². The Morgan fingerprint density at radius 1 is 1.38 bits per heavy atom. The Hall–Kier alpha value is -2.31. The summed E-state index contributed by atoms with van der Waals surface area (Å²) in [5.41, 5.74) is 0.0981. The van der Waals surface area contributed by atoms with Gasteiger partial charge in [0, 0.05) is 6.04 Å². The largest absolute Gasteiger partial charge is 0.487 e. The van der Waals surface area contributed by atoms with Crippen LogP contribution in [0.2, 0.25) is 0 Å². The number of nitrogens with zero attached hydrogens (tertiary/aromatic N) is 1. The third-order valence-electron chi connectivity index (χ3n) is 2.68. The number of para-hydroxylation sites is 1. The van der Waals surface area contributed by atoms with Crippen LogP contribution in [0.25, 0.3) is 0 Å². The minimum Gasteiger partial charge on any atom is -0.487 e. The molecule has 0 saturated carbocycles. The molecule has 0 spiro atoms. The molecule has 0 aliphatic rings. The molecule has 21 heavy (non-hydrogen) atoms. The number of amides is 1. The molecule has 0 bridgehead atoms. The highest BCUT2D eigenvalue weighted by atomic mass is 16.6. The van der Waals surface area contributed by atoms with Gasteiger partial charge in [-0.05, 0) is 39.8 Å². The van der Waals surface area contributed by atoms with Gasteiger partial charge in [-0.25, -0.2) is 0 Å². The van der Waals surface area contributed by atoms with E-state index in [-0.39, 0.29) is 29.1 Å². The van der Waals surface area contributed by atoms with Gasteiger partial charge in [-0.2, -0.15) is 0 Å². The van der Waals surface area contributed by atoms with Crippen molar-refractivity contribution in [2.45, 2.75) is 39.8 Å². The second-order valence-corrected chi connectivity index (χ2v) is 4.87. The number of hydrogen-bond donors (Lipinski definition) is 2. The topological polar surface area (TPSA) is 93.5 Å². The second-order valence-electron chi connectivity index (χ2n) is 4.87. The molecule has 1 aromatic rings. The van der Waals surface area contributed by atoms with Crippen LogP contribution in [0.4, 0.5) is 11.4 Å². The minimum absolute atomic E-state index is 0.00601. The van der Waals surface area contributed by atoms with Crippen molar-refractivity contribution in [2.75, 3.05) is 11.9 Å². The van der Waals surface area contributed by atoms with Crippen LogP contribution < -0.4 is 15.4 Å². The highest BCUT2D eigenvalue weighted by Gasteiger charge is 2.23. The van der Waals surface area contributed by atoms with E-state index >= 15 is 0 Å². The smallest absolute Gasteiger partial charge is 0.333 e. The van der Waals surface area contributed by atoms with Gasteiger partial charge in [-0.15, -0.1) is 0 Å². The number of anilines is 1. The molecular weight excluding hydrogens is 274 g/mol. The molecule has 1 aromatic carbocycles. The Bertz CT molecular complexity index is 517. The molecule has 0 aliphatic heterocycles. The molecule has 0 fully saturated rings. The van der Waals surface area contributed by atoms with Crippen molar-refractivity contribution in [1.82, 2.24) is 5.32 Å². The first kappa shape index (κ1) is 16.7. The van der Waals surface area contributed by atoms with Crippen molar-refractivity contribution in [3.8, 4) is 5.75 Å². The van der Waals surface area contributed by atoms with E-state index in [1.54, 1.807) is 26.0 Å². The van der Waals surface area contributed by atoms with Crippen LogP contribution in [0.15, 0.2) is 18.2 Å². The van der Waals surface area contributed by atoms with E-state index in [0.29, 0.717) is 6.61 Å². The van der Waals surface area contributed by atoms with E-state index in [1.165, 1.54) is 6.07 Å². The predicted molar refractivity (Wildman–Crippen MR) is 80.6 cm³/mol. The summed E-state index contributed by atoms with van der Waals surface area (Å²) in [5, 5.41) is 16.8. The Balaban J connectivity index is 2.99. The maximum absolute atomic E-state index is 11.9. The number of rotatable bonds is 7. The fourth-order valence-corrected chi connectivity index (χ4v) is 1.81. The summed E-state index contributed by atoms with van der Waals surface area (Å²) in [5.74, 6) is -0.0370. The first-order valence-corrected chi connectivity index (χ1v) is 6.83. The molecule has 1 atom stereocenters. The number of hydrogen-bond acceptors (Lipinski definition) is 5. The molecule has 0 radical (unpaired) electrons. The van der Waals surface area contributed by atoms with Gasteiger partial charge in [-0.3, -0.25) is 14.9 Å². The highest BCUT2D eigenvalue weighted by Crippen LogP contribution is 2.35. The molecule has 2 N–H and O–H groups in total. The van der Waals surface area contributed by atoms with Crippen molar-refractivity contribution in [3.05, 3.63) is 28.3 Å². The SMILES string of the molecule is CCOc1cccc(NC(C)C(=O)NC(C)C)c1[N+](=O)[O-]. The zero-order chi connectivity index (χ0) is 16.0. The Morgan fingerprint density at radius 3 is 2.57 bits per heavy atom. The molecule has 0 aromatic heterocycles. The summed E-state index contributed by atoms with van der Waals surface area (Å²) in [4.78, 5) is 22.6. The summed E-state index contributed by atoms with van der Waals surface area (Å²) < 4.78 is 5.26. The third kappa shape index (κ3) is 4.62. The van der Waals surface area contributed by atoms with Crippen molar-refractivity contribution in [2.24, 2.45) is 0 Å². The van der Waals surface area contributed by atoms with Gasteiger partial charge in [0.25, 0.3) is 0 Å². The summed E-state index contributed by atoms with van der Waals surface area (Å²) in [6.45, 7) is 7.43. The van der Waals surface area contributed by atoms with E-state index in [4.69, 9.17) is 4.74 Å². The summed E-state index contributed by atoms with van der Waals surface area (Å²) >= 11 is 0. The van der Waals surface area contributed by atoms with E-state index < -0.39 is 11.0 Å². The number of carbonyl (C=O) groups is 1. The summed E-state index contributed by atoms with van der Waals surface area (Å²) in [6.07, 6.45) is 0. The van der Waals surface area contributed by atoms with E-state index in [0.717, 1.165) is 0 Å². The monoisotopic (exact) mass is 295 g/mol. The van der Waals surface area contributed by atoms with E-state index in [2.05, 4.69) is 10.6 Å². The number of carbonyl (C=O) groups excluding carboxylic acids is 1. The van der Waals surface area contributed by atoms with Crippen LogP contribution in [-0.2, 0) is 4.79 Å². The van der Waals surface area contributed by atoms with Gasteiger partial charge in [-0.1, -0.05) is 6.07 Å². The minimum atomic E-state index is -0.594. The zero-order valence-electron chi connectivity index (χ0n) is 12.7. The van der Waals surface area contributed by atoms with E-state index in [9.17, 15) is 14.9 Å². The van der Waals surface area contributed by atoms with Crippen molar-refractivity contribution in [3.63, 3.8) is 0 Å². The Morgan fingerprint density at radius 2 is 2.05 bits per heavy atom. The first-order valence-electron chi connectivity index (χ1n) is 6.83. The fraction of sp³-hybridized carbons (Fsp3) is 0.500. The summed E-state index contributed by atoms with van der Waals surface area (Å²) in [7, 11) is 0. The number of benzene rings is 1. The molecule has 0 aliphatic carbocycles. The lowest BCUT2D eigenvalue weighted by molar-refractivity contribution is -0.384. The second kappa shape index (κ2) is 7.47. The molecule has 116 valence electrons. The Kier molecular flexibility index (Phi) is 5.95. The quantitative estimate of drug-likeness (QED) is 0.594. The molecule has 0 saturated heterocycles. The number of nitro groups is 1. The van der Waals surface area contributed by atoms with Gasteiger partial charge < -0.3 is 15.4 Å². The molecule has 0 heterocycles. The van der Waals surface area contributed by atoms with Crippen LogP contribution in [0.3, 0.4) is 0 Å². The maximum atomic E-state index is 11.9. The van der Waals surface area contributed by atoms with Crippen LogP contribution in [-0.4, -0.2) is 29.5 Å². The molecule has 7 heteroatoms. The predicted octanol–water partition coefficient (Wildman–Crippen LogP) is 2.32.